The lowest BCUT2D eigenvalue weighted by atomic mass is 10.2. The molecule has 0 N–H and O–H groups in total. The molecule has 12 heavy (non-hydrogen) atoms. The molecule has 0 amide bonds. The number of ketones is 1. The number of rotatable bonds is 4. The molecule has 0 aromatic heterocycles. The highest BCUT2D eigenvalue weighted by atomic mass is 32.2. The molecule has 0 atom stereocenters. The number of carbonyl (C=O) groups excluding carboxylic acids is 1. The second-order valence-electron chi connectivity index (χ2n) is 3.45. The normalized spacial score (nSPS) is 13.0. The maximum Gasteiger partial charge on any atom is 0.160 e. The van der Waals surface area contributed by atoms with Gasteiger partial charge in [-0.15, -0.1) is 0 Å². The van der Waals surface area contributed by atoms with Gasteiger partial charge in [-0.25, -0.2) is 12.8 Å². The van der Waals surface area contributed by atoms with Crippen molar-refractivity contribution in [3.8, 4) is 0 Å². The molecule has 0 bridgehead atoms. The van der Waals surface area contributed by atoms with Gasteiger partial charge in [0.2, 0.25) is 0 Å². The fraction of sp³-hybridized carbons (Fsp3) is 0.857. The molecular weight excluding hydrogens is 183 g/mol. The van der Waals surface area contributed by atoms with Gasteiger partial charge in [-0.2, -0.15) is 0 Å². The van der Waals surface area contributed by atoms with E-state index in [4.69, 9.17) is 0 Å². The smallest absolute Gasteiger partial charge is 0.160 e. The lowest BCUT2D eigenvalue weighted by Gasteiger charge is -2.12. The maximum atomic E-state index is 12.8. The summed E-state index contributed by atoms with van der Waals surface area (Å²) in [7, 11) is -3.56. The van der Waals surface area contributed by atoms with E-state index in [-0.39, 0.29) is 0 Å². The summed E-state index contributed by atoms with van der Waals surface area (Å²) in [5.41, 5.74) is -1.77. The molecule has 5 heteroatoms. The lowest BCUT2D eigenvalue weighted by molar-refractivity contribution is -0.114. The highest BCUT2D eigenvalue weighted by molar-refractivity contribution is 7.92. The molecule has 0 aliphatic carbocycles. The number of carbonyl (C=O) groups is 1. The molecule has 0 aliphatic heterocycles. The molecule has 0 heterocycles. The van der Waals surface area contributed by atoms with Crippen molar-refractivity contribution in [3.05, 3.63) is 0 Å². The molecule has 0 rings (SSSR count). The van der Waals surface area contributed by atoms with Crippen LogP contribution in [-0.2, 0) is 14.6 Å². The van der Waals surface area contributed by atoms with Crippen LogP contribution in [0.1, 0.15) is 20.8 Å². The third-order valence-corrected chi connectivity index (χ3v) is 2.96. The van der Waals surface area contributed by atoms with Crippen molar-refractivity contribution in [1.82, 2.24) is 0 Å². The molecule has 0 unspecified atom stereocenters. The Morgan fingerprint density at radius 2 is 1.83 bits per heavy atom. The van der Waals surface area contributed by atoms with Crippen LogP contribution in [0.2, 0.25) is 0 Å². The summed E-state index contributed by atoms with van der Waals surface area (Å²) < 4.78 is 34.8. The van der Waals surface area contributed by atoms with Gasteiger partial charge >= 0.3 is 0 Å². The Bertz CT molecular complexity index is 261. The molecule has 0 radical (unpaired) electrons. The number of alkyl halides is 1. The Morgan fingerprint density at radius 3 is 2.08 bits per heavy atom. The molecule has 0 fully saturated rings. The van der Waals surface area contributed by atoms with Crippen molar-refractivity contribution < 1.29 is 17.6 Å². The molecule has 0 saturated carbocycles. The fourth-order valence-electron chi connectivity index (χ4n) is 0.884. The van der Waals surface area contributed by atoms with E-state index < -0.39 is 32.8 Å². The Morgan fingerprint density at radius 1 is 1.42 bits per heavy atom. The summed E-state index contributed by atoms with van der Waals surface area (Å²) in [5, 5.41) is 0. The predicted octanol–water partition coefficient (Wildman–Crippen LogP) is 0.738. The van der Waals surface area contributed by atoms with Crippen LogP contribution in [0.25, 0.3) is 0 Å². The molecule has 0 aromatic rings. The number of hydrogen-bond donors (Lipinski definition) is 0. The maximum absolute atomic E-state index is 12.8. The zero-order valence-corrected chi connectivity index (χ0v) is 8.24. The van der Waals surface area contributed by atoms with E-state index in [0.29, 0.717) is 0 Å². The van der Waals surface area contributed by atoms with E-state index in [1.807, 2.05) is 0 Å². The van der Waals surface area contributed by atoms with Gasteiger partial charge in [-0.1, -0.05) is 0 Å². The van der Waals surface area contributed by atoms with Gasteiger partial charge in [0.05, 0.1) is 5.75 Å². The third kappa shape index (κ3) is 6.27. The van der Waals surface area contributed by atoms with Gasteiger partial charge in [0.25, 0.3) is 0 Å². The minimum absolute atomic E-state index is 0.459. The summed E-state index contributed by atoms with van der Waals surface area (Å²) >= 11 is 0. The van der Waals surface area contributed by atoms with Crippen LogP contribution < -0.4 is 0 Å². The third-order valence-electron chi connectivity index (χ3n) is 0.986. The second-order valence-corrected chi connectivity index (χ2v) is 5.52. The van der Waals surface area contributed by atoms with Gasteiger partial charge in [0.15, 0.2) is 9.84 Å². The lowest BCUT2D eigenvalue weighted by Crippen LogP contribution is -2.29. The Labute approximate surface area is 71.9 Å². The summed E-state index contributed by atoms with van der Waals surface area (Å²) in [4.78, 5) is 10.4. The topological polar surface area (TPSA) is 51.2 Å². The quantitative estimate of drug-likeness (QED) is 0.666. The first-order valence-electron chi connectivity index (χ1n) is 3.51. The second kappa shape index (κ2) is 3.51. The van der Waals surface area contributed by atoms with E-state index in [2.05, 4.69) is 0 Å². The monoisotopic (exact) mass is 196 g/mol. The molecule has 0 spiro atoms. The van der Waals surface area contributed by atoms with Gasteiger partial charge in [0, 0.05) is 0 Å². The Kier molecular flexibility index (Phi) is 3.38. The zero-order valence-electron chi connectivity index (χ0n) is 7.43. The van der Waals surface area contributed by atoms with Crippen LogP contribution in [0.3, 0.4) is 0 Å². The van der Waals surface area contributed by atoms with Crippen molar-refractivity contribution in [2.24, 2.45) is 0 Å². The first-order chi connectivity index (χ1) is 5.12. The number of sulfone groups is 1. The minimum atomic E-state index is -3.56. The average molecular weight is 196 g/mol. The van der Waals surface area contributed by atoms with Crippen LogP contribution in [0.5, 0.6) is 0 Å². The van der Waals surface area contributed by atoms with Crippen LogP contribution in [0, 0.1) is 0 Å². The van der Waals surface area contributed by atoms with E-state index in [1.165, 1.54) is 20.8 Å². The molecule has 3 nitrogen and oxygen atoms in total. The summed E-state index contributed by atoms with van der Waals surface area (Å²) in [6.45, 7) is 3.51. The van der Waals surface area contributed by atoms with Gasteiger partial charge in [-0.3, -0.25) is 4.79 Å². The first kappa shape index (κ1) is 11.6. The van der Waals surface area contributed by atoms with Crippen molar-refractivity contribution in [2.45, 2.75) is 26.4 Å². The van der Waals surface area contributed by atoms with Gasteiger partial charge in [-0.05, 0) is 20.8 Å². The van der Waals surface area contributed by atoms with Crippen LogP contribution >= 0.6 is 0 Å². The largest absolute Gasteiger partial charge is 0.299 e. The van der Waals surface area contributed by atoms with E-state index in [9.17, 15) is 17.6 Å². The molecule has 0 aliphatic rings. The molecule has 0 saturated heterocycles. The standard InChI is InChI=1S/C7H13FO3S/c1-6(9)4-12(10,11)5-7(2,3)8/h4-5H2,1-3H3. The first-order valence-corrected chi connectivity index (χ1v) is 5.33. The Hall–Kier alpha value is -0.450. The van der Waals surface area contributed by atoms with Crippen molar-refractivity contribution in [2.75, 3.05) is 11.5 Å². The molecular formula is C7H13FO3S. The van der Waals surface area contributed by atoms with E-state index in [1.54, 1.807) is 0 Å². The van der Waals surface area contributed by atoms with Gasteiger partial charge in [0.1, 0.15) is 17.2 Å². The predicted molar refractivity (Wildman–Crippen MR) is 44.5 cm³/mol. The van der Waals surface area contributed by atoms with Gasteiger partial charge < -0.3 is 0 Å². The van der Waals surface area contributed by atoms with Crippen molar-refractivity contribution in [3.63, 3.8) is 0 Å². The SMILES string of the molecule is CC(=O)CS(=O)(=O)CC(C)(C)F. The average Bonchev–Trinajstić information content (AvgIpc) is 1.48. The Balaban J connectivity index is 4.36. The van der Waals surface area contributed by atoms with Crippen molar-refractivity contribution in [1.29, 1.82) is 0 Å². The summed E-state index contributed by atoms with van der Waals surface area (Å²) in [6.07, 6.45) is 0. The molecule has 0 aromatic carbocycles. The number of Topliss-reactive ketones (excluding diaryl/α,β-unsaturated/α-hetero) is 1. The summed E-state index contributed by atoms with van der Waals surface area (Å²) in [6, 6.07) is 0. The van der Waals surface area contributed by atoms with Crippen molar-refractivity contribution >= 4 is 15.6 Å². The number of halogens is 1. The summed E-state index contributed by atoms with van der Waals surface area (Å²) in [5.74, 6) is -1.63. The zero-order chi connectivity index (χ0) is 9.99. The van der Waals surface area contributed by atoms with Crippen LogP contribution in [0.4, 0.5) is 4.39 Å². The highest BCUT2D eigenvalue weighted by Crippen LogP contribution is 2.11. The van der Waals surface area contributed by atoms with E-state index >= 15 is 0 Å². The van der Waals surface area contributed by atoms with Crippen LogP contribution in [-0.4, -0.2) is 31.4 Å². The number of hydrogen-bond acceptors (Lipinski definition) is 3. The highest BCUT2D eigenvalue weighted by Gasteiger charge is 2.26. The van der Waals surface area contributed by atoms with E-state index in [0.717, 1.165) is 0 Å². The minimum Gasteiger partial charge on any atom is -0.299 e. The van der Waals surface area contributed by atoms with Crippen LogP contribution in [0.15, 0.2) is 0 Å². The molecule has 72 valence electrons. The fourth-order valence-corrected chi connectivity index (χ4v) is 2.65.